The Kier molecular flexibility index (Phi) is 3.53. The molecular formula is C14H19ClO2. The summed E-state index contributed by atoms with van der Waals surface area (Å²) in [6.07, 6.45) is 2.40. The molecule has 3 heteroatoms. The summed E-state index contributed by atoms with van der Waals surface area (Å²) in [6, 6.07) is 2.06. The molecule has 0 unspecified atom stereocenters. The summed E-state index contributed by atoms with van der Waals surface area (Å²) >= 11 is 6.43. The highest BCUT2D eigenvalue weighted by Gasteiger charge is 2.32. The Morgan fingerprint density at radius 2 is 1.88 bits per heavy atom. The zero-order valence-corrected chi connectivity index (χ0v) is 11.6. The molecule has 1 aliphatic carbocycles. The topological polar surface area (TPSA) is 18.5 Å². The number of rotatable bonds is 4. The van der Waals surface area contributed by atoms with Crippen molar-refractivity contribution in [3.8, 4) is 11.5 Å². The van der Waals surface area contributed by atoms with Crippen molar-refractivity contribution >= 4 is 11.6 Å². The Bertz CT molecular complexity index is 423. The quantitative estimate of drug-likeness (QED) is 0.795. The van der Waals surface area contributed by atoms with Crippen molar-refractivity contribution in [1.29, 1.82) is 0 Å². The van der Waals surface area contributed by atoms with Gasteiger partial charge in [0, 0.05) is 5.56 Å². The highest BCUT2D eigenvalue weighted by Crippen LogP contribution is 2.52. The van der Waals surface area contributed by atoms with E-state index in [0.29, 0.717) is 11.8 Å². The Hall–Kier alpha value is -0.890. The Balaban J connectivity index is 2.61. The van der Waals surface area contributed by atoms with Gasteiger partial charge in [0.1, 0.15) is 11.5 Å². The van der Waals surface area contributed by atoms with Gasteiger partial charge in [0.25, 0.3) is 0 Å². The largest absolute Gasteiger partial charge is 0.496 e. The molecule has 1 aliphatic rings. The van der Waals surface area contributed by atoms with Crippen molar-refractivity contribution in [1.82, 2.24) is 0 Å². The molecule has 0 radical (unpaired) electrons. The van der Waals surface area contributed by atoms with Crippen LogP contribution in [0.15, 0.2) is 6.07 Å². The van der Waals surface area contributed by atoms with E-state index in [1.165, 1.54) is 12.8 Å². The Morgan fingerprint density at radius 3 is 2.29 bits per heavy atom. The van der Waals surface area contributed by atoms with Crippen LogP contribution >= 0.6 is 11.6 Å². The molecule has 0 heterocycles. The van der Waals surface area contributed by atoms with Crippen LogP contribution < -0.4 is 9.47 Å². The highest BCUT2D eigenvalue weighted by atomic mass is 35.5. The predicted molar refractivity (Wildman–Crippen MR) is 70.6 cm³/mol. The van der Waals surface area contributed by atoms with E-state index in [4.69, 9.17) is 21.1 Å². The maximum atomic E-state index is 6.43. The molecule has 2 rings (SSSR count). The number of hydrogen-bond donors (Lipinski definition) is 0. The summed E-state index contributed by atoms with van der Waals surface area (Å²) in [6.45, 7) is 4.24. The van der Waals surface area contributed by atoms with Gasteiger partial charge in [-0.25, -0.2) is 0 Å². The van der Waals surface area contributed by atoms with Gasteiger partial charge in [0.05, 0.1) is 19.2 Å². The van der Waals surface area contributed by atoms with E-state index in [-0.39, 0.29) is 0 Å². The Morgan fingerprint density at radius 1 is 1.24 bits per heavy atom. The van der Waals surface area contributed by atoms with Crippen LogP contribution in [0, 0.1) is 0 Å². The average Bonchev–Trinajstić information content (AvgIpc) is 3.11. The van der Waals surface area contributed by atoms with E-state index >= 15 is 0 Å². The van der Waals surface area contributed by atoms with Crippen LogP contribution in [-0.2, 0) is 0 Å². The first-order valence-corrected chi connectivity index (χ1v) is 6.42. The van der Waals surface area contributed by atoms with Crippen molar-refractivity contribution in [2.75, 3.05) is 14.2 Å². The lowest BCUT2D eigenvalue weighted by Crippen LogP contribution is -2.00. The molecule has 2 nitrogen and oxygen atoms in total. The molecule has 0 N–H and O–H groups in total. The fourth-order valence-electron chi connectivity index (χ4n) is 2.19. The first-order chi connectivity index (χ1) is 8.10. The molecular weight excluding hydrogens is 236 g/mol. The number of ether oxygens (including phenoxy) is 2. The minimum atomic E-state index is 0.360. The molecule has 0 saturated heterocycles. The van der Waals surface area contributed by atoms with Gasteiger partial charge in [-0.05, 0) is 36.3 Å². The maximum Gasteiger partial charge on any atom is 0.144 e. The lowest BCUT2D eigenvalue weighted by Gasteiger charge is -2.19. The molecule has 0 amide bonds. The molecule has 0 atom stereocenters. The smallest absolute Gasteiger partial charge is 0.144 e. The molecule has 0 aliphatic heterocycles. The second kappa shape index (κ2) is 4.77. The second-order valence-corrected chi connectivity index (χ2v) is 5.24. The predicted octanol–water partition coefficient (Wildman–Crippen LogP) is 4.36. The molecule has 0 spiro atoms. The summed E-state index contributed by atoms with van der Waals surface area (Å²) < 4.78 is 11.0. The van der Waals surface area contributed by atoms with E-state index in [1.807, 2.05) is 0 Å². The number of halogens is 1. The van der Waals surface area contributed by atoms with Gasteiger partial charge in [-0.15, -0.1) is 0 Å². The van der Waals surface area contributed by atoms with Crippen LogP contribution in [-0.4, -0.2) is 14.2 Å². The van der Waals surface area contributed by atoms with Crippen molar-refractivity contribution < 1.29 is 9.47 Å². The van der Waals surface area contributed by atoms with E-state index in [2.05, 4.69) is 19.9 Å². The zero-order chi connectivity index (χ0) is 12.6. The van der Waals surface area contributed by atoms with Crippen LogP contribution in [0.4, 0.5) is 0 Å². The minimum absolute atomic E-state index is 0.360. The van der Waals surface area contributed by atoms with Gasteiger partial charge in [0.2, 0.25) is 0 Å². The monoisotopic (exact) mass is 254 g/mol. The molecule has 1 aromatic carbocycles. The van der Waals surface area contributed by atoms with Crippen molar-refractivity contribution in [3.05, 3.63) is 22.2 Å². The molecule has 1 fully saturated rings. The van der Waals surface area contributed by atoms with Crippen LogP contribution in [0.25, 0.3) is 0 Å². The highest BCUT2D eigenvalue weighted by molar-refractivity contribution is 6.33. The van der Waals surface area contributed by atoms with E-state index in [0.717, 1.165) is 27.6 Å². The van der Waals surface area contributed by atoms with Gasteiger partial charge < -0.3 is 9.47 Å². The summed E-state index contributed by atoms with van der Waals surface area (Å²) in [5.41, 5.74) is 2.23. The number of hydrogen-bond acceptors (Lipinski definition) is 2. The normalized spacial score (nSPS) is 15.2. The maximum absolute atomic E-state index is 6.43. The van der Waals surface area contributed by atoms with E-state index < -0.39 is 0 Å². The first kappa shape index (κ1) is 12.6. The standard InChI is InChI=1S/C14H19ClO2/c1-8(2)10-7-11(16-3)12(9-5-6-9)14(17-4)13(10)15/h7-9H,5-6H2,1-4H3. The van der Waals surface area contributed by atoms with Crippen LogP contribution in [0.2, 0.25) is 5.02 Å². The van der Waals surface area contributed by atoms with Crippen LogP contribution in [0.3, 0.4) is 0 Å². The van der Waals surface area contributed by atoms with Crippen molar-refractivity contribution in [3.63, 3.8) is 0 Å². The summed E-state index contributed by atoms with van der Waals surface area (Å²) in [5.74, 6) is 2.63. The van der Waals surface area contributed by atoms with Crippen LogP contribution in [0.1, 0.15) is 49.7 Å². The van der Waals surface area contributed by atoms with Gasteiger partial charge >= 0.3 is 0 Å². The fraction of sp³-hybridized carbons (Fsp3) is 0.571. The summed E-state index contributed by atoms with van der Waals surface area (Å²) in [4.78, 5) is 0. The molecule has 0 aromatic heterocycles. The van der Waals surface area contributed by atoms with Gasteiger partial charge in [-0.2, -0.15) is 0 Å². The number of benzene rings is 1. The molecule has 0 bridgehead atoms. The third kappa shape index (κ3) is 2.23. The summed E-state index contributed by atoms with van der Waals surface area (Å²) in [7, 11) is 3.38. The third-order valence-electron chi connectivity index (χ3n) is 3.28. The van der Waals surface area contributed by atoms with Gasteiger partial charge in [-0.3, -0.25) is 0 Å². The fourth-order valence-corrected chi connectivity index (χ4v) is 2.64. The van der Waals surface area contributed by atoms with Crippen molar-refractivity contribution in [2.45, 2.75) is 38.5 Å². The Labute approximate surface area is 108 Å². The molecule has 17 heavy (non-hydrogen) atoms. The lowest BCUT2D eigenvalue weighted by atomic mass is 9.98. The first-order valence-electron chi connectivity index (χ1n) is 6.04. The molecule has 94 valence electrons. The minimum Gasteiger partial charge on any atom is -0.496 e. The van der Waals surface area contributed by atoms with Crippen molar-refractivity contribution in [2.24, 2.45) is 0 Å². The lowest BCUT2D eigenvalue weighted by molar-refractivity contribution is 0.384. The van der Waals surface area contributed by atoms with Gasteiger partial charge in [0.15, 0.2) is 0 Å². The van der Waals surface area contributed by atoms with Gasteiger partial charge in [-0.1, -0.05) is 25.4 Å². The van der Waals surface area contributed by atoms with E-state index in [9.17, 15) is 0 Å². The third-order valence-corrected chi connectivity index (χ3v) is 3.67. The summed E-state index contributed by atoms with van der Waals surface area (Å²) in [5, 5.41) is 0.741. The molecule has 1 saturated carbocycles. The SMILES string of the molecule is COc1cc(C(C)C)c(Cl)c(OC)c1C1CC1. The van der Waals surface area contributed by atoms with E-state index in [1.54, 1.807) is 14.2 Å². The van der Waals surface area contributed by atoms with Crippen LogP contribution in [0.5, 0.6) is 11.5 Å². The zero-order valence-electron chi connectivity index (χ0n) is 10.8. The number of methoxy groups -OCH3 is 2. The molecule has 1 aromatic rings. The average molecular weight is 255 g/mol. The second-order valence-electron chi connectivity index (χ2n) is 4.86.